The molecule has 24 heavy (non-hydrogen) atoms. The Labute approximate surface area is 137 Å². The molecular weight excluding hydrogens is 321 g/mol. The van der Waals surface area contributed by atoms with Crippen molar-refractivity contribution in [3.05, 3.63) is 36.0 Å². The fourth-order valence-corrected chi connectivity index (χ4v) is 3.07. The highest BCUT2D eigenvalue weighted by molar-refractivity contribution is 5.92. The van der Waals surface area contributed by atoms with Gasteiger partial charge < -0.3 is 14.7 Å². The summed E-state index contributed by atoms with van der Waals surface area (Å²) in [5, 5.41) is 9.52. The molecule has 1 N–H and O–H groups in total. The lowest BCUT2D eigenvalue weighted by Crippen LogP contribution is -2.37. The Balaban J connectivity index is 1.81. The molecular formula is C17H19F3N2O2. The number of anilines is 1. The van der Waals surface area contributed by atoms with E-state index in [0.29, 0.717) is 12.1 Å². The molecule has 0 aliphatic carbocycles. The molecule has 0 unspecified atom stereocenters. The fourth-order valence-electron chi connectivity index (χ4n) is 3.07. The van der Waals surface area contributed by atoms with E-state index in [1.807, 2.05) is 6.07 Å². The van der Waals surface area contributed by atoms with Crippen LogP contribution >= 0.6 is 0 Å². The largest absolute Gasteiger partial charge is 0.416 e. The maximum atomic E-state index is 12.8. The average Bonchev–Trinajstić information content (AvgIpc) is 2.58. The van der Waals surface area contributed by atoms with Crippen molar-refractivity contribution in [3.8, 4) is 0 Å². The second-order valence-corrected chi connectivity index (χ2v) is 5.84. The molecule has 1 saturated heterocycles. The minimum atomic E-state index is -4.37. The number of rotatable bonds is 4. The average molecular weight is 340 g/mol. The van der Waals surface area contributed by atoms with Gasteiger partial charge in [-0.25, -0.2) is 0 Å². The number of aliphatic hydroxyl groups is 1. The van der Waals surface area contributed by atoms with Crippen molar-refractivity contribution in [1.82, 2.24) is 4.98 Å². The van der Waals surface area contributed by atoms with Crippen LogP contribution in [0, 0.1) is 0 Å². The normalized spacial score (nSPS) is 16.8. The number of halogens is 3. The maximum Gasteiger partial charge on any atom is 0.416 e. The van der Waals surface area contributed by atoms with Crippen LogP contribution in [0.25, 0.3) is 10.9 Å². The highest BCUT2D eigenvalue weighted by Crippen LogP contribution is 2.34. The molecule has 7 heteroatoms. The first-order chi connectivity index (χ1) is 11.5. The van der Waals surface area contributed by atoms with Crippen LogP contribution < -0.4 is 4.90 Å². The summed E-state index contributed by atoms with van der Waals surface area (Å²) in [7, 11) is 0. The lowest BCUT2D eigenvalue weighted by atomic mass is 10.0. The first-order valence-corrected chi connectivity index (χ1v) is 7.92. The number of hydrogen-bond donors (Lipinski definition) is 1. The summed E-state index contributed by atoms with van der Waals surface area (Å²) in [6.07, 6.45) is -1.05. The SMILES string of the molecule is OCCOC1CCN(c2ccnc3cc(C(F)(F)F)ccc23)CC1. The van der Waals surface area contributed by atoms with Crippen molar-refractivity contribution in [3.63, 3.8) is 0 Å². The number of benzene rings is 1. The van der Waals surface area contributed by atoms with Gasteiger partial charge in [0.25, 0.3) is 0 Å². The molecule has 1 aromatic carbocycles. The molecule has 0 spiro atoms. The predicted octanol–water partition coefficient (Wildman–Crippen LogP) is 3.23. The summed E-state index contributed by atoms with van der Waals surface area (Å²) in [6, 6.07) is 5.53. The predicted molar refractivity (Wildman–Crippen MR) is 85.0 cm³/mol. The summed E-state index contributed by atoms with van der Waals surface area (Å²) in [5.74, 6) is 0. The van der Waals surface area contributed by atoms with E-state index in [1.54, 1.807) is 6.20 Å². The summed E-state index contributed by atoms with van der Waals surface area (Å²) in [6.45, 7) is 1.87. The van der Waals surface area contributed by atoms with E-state index < -0.39 is 11.7 Å². The van der Waals surface area contributed by atoms with Crippen LogP contribution in [-0.4, -0.2) is 42.5 Å². The minimum absolute atomic E-state index is 0.0107. The molecule has 0 amide bonds. The van der Waals surface area contributed by atoms with E-state index in [4.69, 9.17) is 9.84 Å². The standard InChI is InChI=1S/C17H19F3N2O2/c18-17(19,20)12-1-2-14-15(11-12)21-6-3-16(14)22-7-4-13(5-8-22)24-10-9-23/h1-3,6,11,13,23H,4-5,7-10H2. The van der Waals surface area contributed by atoms with E-state index in [1.165, 1.54) is 6.07 Å². The Morgan fingerprint density at radius 3 is 2.62 bits per heavy atom. The number of alkyl halides is 3. The van der Waals surface area contributed by atoms with E-state index in [-0.39, 0.29) is 12.7 Å². The molecule has 2 heterocycles. The number of ether oxygens (including phenoxy) is 1. The summed E-state index contributed by atoms with van der Waals surface area (Å²) in [4.78, 5) is 6.24. The van der Waals surface area contributed by atoms with Gasteiger partial charge in [0.05, 0.1) is 30.4 Å². The third-order valence-corrected chi connectivity index (χ3v) is 4.27. The van der Waals surface area contributed by atoms with Gasteiger partial charge in [-0.05, 0) is 31.0 Å². The van der Waals surface area contributed by atoms with Gasteiger partial charge in [0.2, 0.25) is 0 Å². The van der Waals surface area contributed by atoms with Gasteiger partial charge in [0, 0.05) is 30.4 Å². The van der Waals surface area contributed by atoms with E-state index in [0.717, 1.165) is 49.1 Å². The quantitative estimate of drug-likeness (QED) is 0.928. The monoisotopic (exact) mass is 340 g/mol. The first-order valence-electron chi connectivity index (χ1n) is 7.92. The molecule has 3 rings (SSSR count). The van der Waals surface area contributed by atoms with Crippen LogP contribution in [0.3, 0.4) is 0 Å². The molecule has 130 valence electrons. The van der Waals surface area contributed by atoms with Gasteiger partial charge in [0.15, 0.2) is 0 Å². The number of nitrogens with zero attached hydrogens (tertiary/aromatic N) is 2. The molecule has 1 aromatic heterocycles. The van der Waals surface area contributed by atoms with Crippen molar-refractivity contribution in [1.29, 1.82) is 0 Å². The Hall–Kier alpha value is -1.86. The van der Waals surface area contributed by atoms with E-state index in [9.17, 15) is 13.2 Å². The first kappa shape index (κ1) is 17.0. The molecule has 1 fully saturated rings. The van der Waals surface area contributed by atoms with Gasteiger partial charge in [-0.1, -0.05) is 6.07 Å². The molecule has 2 aromatic rings. The van der Waals surface area contributed by atoms with Crippen molar-refractivity contribution in [2.24, 2.45) is 0 Å². The lowest BCUT2D eigenvalue weighted by Gasteiger charge is -2.34. The van der Waals surface area contributed by atoms with Crippen LogP contribution in [0.2, 0.25) is 0 Å². The number of fused-ring (bicyclic) bond motifs is 1. The number of aromatic nitrogens is 1. The zero-order valence-electron chi connectivity index (χ0n) is 13.1. The minimum Gasteiger partial charge on any atom is -0.394 e. The van der Waals surface area contributed by atoms with Crippen LogP contribution in [0.5, 0.6) is 0 Å². The molecule has 0 atom stereocenters. The zero-order valence-corrected chi connectivity index (χ0v) is 13.1. The van der Waals surface area contributed by atoms with Crippen LogP contribution in [0.1, 0.15) is 18.4 Å². The van der Waals surface area contributed by atoms with Crippen LogP contribution in [-0.2, 0) is 10.9 Å². The Morgan fingerprint density at radius 2 is 1.96 bits per heavy atom. The van der Waals surface area contributed by atoms with Crippen LogP contribution in [0.4, 0.5) is 18.9 Å². The van der Waals surface area contributed by atoms with Crippen molar-refractivity contribution >= 4 is 16.6 Å². The number of aliphatic hydroxyl groups excluding tert-OH is 1. The van der Waals surface area contributed by atoms with Gasteiger partial charge in [-0.15, -0.1) is 0 Å². The third-order valence-electron chi connectivity index (χ3n) is 4.27. The zero-order chi connectivity index (χ0) is 17.2. The highest BCUT2D eigenvalue weighted by atomic mass is 19.4. The molecule has 0 radical (unpaired) electrons. The highest BCUT2D eigenvalue weighted by Gasteiger charge is 2.31. The third kappa shape index (κ3) is 3.62. The molecule has 1 aliphatic heterocycles. The van der Waals surface area contributed by atoms with Crippen molar-refractivity contribution < 1.29 is 23.0 Å². The Kier molecular flexibility index (Phi) is 4.91. The molecule has 4 nitrogen and oxygen atoms in total. The summed E-state index contributed by atoms with van der Waals surface area (Å²) in [5.41, 5.74) is 0.561. The fraction of sp³-hybridized carbons (Fsp3) is 0.471. The van der Waals surface area contributed by atoms with Crippen molar-refractivity contribution in [2.75, 3.05) is 31.2 Å². The molecule has 0 bridgehead atoms. The smallest absolute Gasteiger partial charge is 0.394 e. The number of pyridine rings is 1. The number of piperidine rings is 1. The van der Waals surface area contributed by atoms with Crippen molar-refractivity contribution in [2.45, 2.75) is 25.1 Å². The van der Waals surface area contributed by atoms with Gasteiger partial charge in [0.1, 0.15) is 0 Å². The van der Waals surface area contributed by atoms with Gasteiger partial charge in [-0.2, -0.15) is 13.2 Å². The topological polar surface area (TPSA) is 45.6 Å². The second kappa shape index (κ2) is 6.94. The molecule has 1 aliphatic rings. The molecule has 0 saturated carbocycles. The van der Waals surface area contributed by atoms with Crippen LogP contribution in [0.15, 0.2) is 30.5 Å². The Bertz CT molecular complexity index is 698. The second-order valence-electron chi connectivity index (χ2n) is 5.84. The Morgan fingerprint density at radius 1 is 1.21 bits per heavy atom. The van der Waals surface area contributed by atoms with E-state index in [2.05, 4.69) is 9.88 Å². The van der Waals surface area contributed by atoms with E-state index >= 15 is 0 Å². The number of hydrogen-bond acceptors (Lipinski definition) is 4. The van der Waals surface area contributed by atoms with Gasteiger partial charge in [-0.3, -0.25) is 4.98 Å². The maximum absolute atomic E-state index is 12.8. The van der Waals surface area contributed by atoms with Gasteiger partial charge >= 0.3 is 6.18 Å². The lowest BCUT2D eigenvalue weighted by molar-refractivity contribution is -0.137. The summed E-state index contributed by atoms with van der Waals surface area (Å²) < 4.78 is 44.1. The summed E-state index contributed by atoms with van der Waals surface area (Å²) >= 11 is 0.